The number of benzene rings is 1. The van der Waals surface area contributed by atoms with E-state index in [-0.39, 0.29) is 17.7 Å². The van der Waals surface area contributed by atoms with Gasteiger partial charge in [0.1, 0.15) is 11.4 Å². The van der Waals surface area contributed by atoms with Crippen LogP contribution in [0.25, 0.3) is 0 Å². The molecule has 2 saturated carbocycles. The van der Waals surface area contributed by atoms with Crippen molar-refractivity contribution in [2.75, 3.05) is 13.2 Å². The Morgan fingerprint density at radius 3 is 2.87 bits per heavy atom. The number of rotatable bonds is 8. The van der Waals surface area contributed by atoms with Gasteiger partial charge in [-0.2, -0.15) is 0 Å². The Balaban J connectivity index is 1.19. The smallest absolute Gasteiger partial charge is 0.305 e. The van der Waals surface area contributed by atoms with Gasteiger partial charge in [-0.25, -0.2) is 0 Å². The van der Waals surface area contributed by atoms with Crippen LogP contribution in [0.2, 0.25) is 0 Å². The maximum absolute atomic E-state index is 11.8. The molecule has 0 radical (unpaired) electrons. The minimum atomic E-state index is -0.918. The Bertz CT molecular complexity index is 1030. The average molecular weight is 523 g/mol. The molecule has 1 aromatic carbocycles. The fourth-order valence-electron chi connectivity index (χ4n) is 7.76. The van der Waals surface area contributed by atoms with Crippen molar-refractivity contribution in [2.24, 2.45) is 17.3 Å². The van der Waals surface area contributed by atoms with Gasteiger partial charge in [0.15, 0.2) is 6.29 Å². The molecular formula is C33H46O5. The fraction of sp³-hybridized carbons (Fsp3) is 0.727. The van der Waals surface area contributed by atoms with Crippen LogP contribution in [0.4, 0.5) is 0 Å². The van der Waals surface area contributed by atoms with Crippen LogP contribution in [-0.4, -0.2) is 36.2 Å². The number of ether oxygens (including phenoxy) is 3. The normalized spacial score (nSPS) is 33.8. The number of esters is 1. The van der Waals surface area contributed by atoms with E-state index in [1.807, 2.05) is 0 Å². The topological polar surface area (TPSA) is 65.0 Å². The lowest BCUT2D eigenvalue weighted by molar-refractivity contribution is -0.143. The number of carbonyl (C=O) groups is 1. The second-order valence-corrected chi connectivity index (χ2v) is 12.3. The molecule has 6 atom stereocenters. The summed E-state index contributed by atoms with van der Waals surface area (Å²) in [6.45, 7) is 5.58. The SMILES string of the molecule is CCCCC(=O)OCCCC#C[C@]1(O)CC[C@H]2[C@@H]3CCc4cc(OC5CCCCO5)ccc4[C@H]3CC[C@@]21C. The van der Waals surface area contributed by atoms with E-state index in [2.05, 4.69) is 43.9 Å². The minimum Gasteiger partial charge on any atom is -0.466 e. The summed E-state index contributed by atoms with van der Waals surface area (Å²) in [5.41, 5.74) is 1.85. The van der Waals surface area contributed by atoms with E-state index in [0.717, 1.165) is 76.6 Å². The van der Waals surface area contributed by atoms with Gasteiger partial charge in [0.05, 0.1) is 13.2 Å². The molecule has 3 aliphatic carbocycles. The maximum atomic E-state index is 11.8. The van der Waals surface area contributed by atoms with Crippen molar-refractivity contribution in [3.05, 3.63) is 29.3 Å². The molecular weight excluding hydrogens is 476 g/mol. The molecule has 1 saturated heterocycles. The van der Waals surface area contributed by atoms with E-state index >= 15 is 0 Å². The number of hydrogen-bond donors (Lipinski definition) is 1. The molecule has 1 heterocycles. The Morgan fingerprint density at radius 1 is 1.16 bits per heavy atom. The molecule has 0 bridgehead atoms. The summed E-state index contributed by atoms with van der Waals surface area (Å²) in [6.07, 6.45) is 13.1. The van der Waals surface area contributed by atoms with E-state index in [4.69, 9.17) is 14.2 Å². The molecule has 5 nitrogen and oxygen atoms in total. The zero-order valence-corrected chi connectivity index (χ0v) is 23.4. The highest BCUT2D eigenvalue weighted by atomic mass is 16.7. The van der Waals surface area contributed by atoms with Gasteiger partial charge in [-0.1, -0.05) is 32.3 Å². The lowest BCUT2D eigenvalue weighted by atomic mass is 9.53. The van der Waals surface area contributed by atoms with Crippen molar-refractivity contribution in [3.8, 4) is 17.6 Å². The molecule has 0 spiro atoms. The lowest BCUT2D eigenvalue weighted by Gasteiger charge is -2.52. The molecule has 1 aromatic rings. The summed E-state index contributed by atoms with van der Waals surface area (Å²) in [7, 11) is 0. The molecule has 208 valence electrons. The van der Waals surface area contributed by atoms with Crippen LogP contribution in [-0.2, 0) is 20.7 Å². The largest absolute Gasteiger partial charge is 0.466 e. The summed E-state index contributed by atoms with van der Waals surface area (Å²) < 4.78 is 17.2. The van der Waals surface area contributed by atoms with Crippen molar-refractivity contribution < 1.29 is 24.1 Å². The summed E-state index contributed by atoms with van der Waals surface area (Å²) in [5, 5.41) is 11.8. The Labute approximate surface area is 229 Å². The number of aryl methyl sites for hydroxylation is 1. The van der Waals surface area contributed by atoms with Gasteiger partial charge in [-0.05, 0) is 105 Å². The van der Waals surface area contributed by atoms with E-state index < -0.39 is 5.60 Å². The monoisotopic (exact) mass is 522 g/mol. The molecule has 38 heavy (non-hydrogen) atoms. The predicted octanol–water partition coefficient (Wildman–Crippen LogP) is 6.70. The molecule has 5 rings (SSSR count). The minimum absolute atomic E-state index is 0.105. The number of aliphatic hydroxyl groups is 1. The van der Waals surface area contributed by atoms with Gasteiger partial charge in [0.25, 0.3) is 0 Å². The number of carbonyl (C=O) groups excluding carboxylic acids is 1. The Hall–Kier alpha value is -2.03. The predicted molar refractivity (Wildman–Crippen MR) is 148 cm³/mol. The van der Waals surface area contributed by atoms with Gasteiger partial charge in [0.2, 0.25) is 0 Å². The van der Waals surface area contributed by atoms with Gasteiger partial charge < -0.3 is 19.3 Å². The Kier molecular flexibility index (Phi) is 8.70. The second-order valence-electron chi connectivity index (χ2n) is 12.3. The first-order chi connectivity index (χ1) is 18.4. The summed E-state index contributed by atoms with van der Waals surface area (Å²) in [5.74, 6) is 9.07. The molecule has 0 amide bonds. The van der Waals surface area contributed by atoms with Crippen molar-refractivity contribution in [3.63, 3.8) is 0 Å². The summed E-state index contributed by atoms with van der Waals surface area (Å²) in [4.78, 5) is 11.7. The van der Waals surface area contributed by atoms with Crippen LogP contribution in [0.3, 0.4) is 0 Å². The van der Waals surface area contributed by atoms with Crippen molar-refractivity contribution in [1.82, 2.24) is 0 Å². The van der Waals surface area contributed by atoms with Gasteiger partial charge in [0, 0.05) is 24.7 Å². The molecule has 1 unspecified atom stereocenters. The fourth-order valence-corrected chi connectivity index (χ4v) is 7.76. The number of unbranched alkanes of at least 4 members (excludes halogenated alkanes) is 2. The number of fused-ring (bicyclic) bond motifs is 5. The molecule has 4 aliphatic rings. The van der Waals surface area contributed by atoms with Crippen LogP contribution in [0.15, 0.2) is 18.2 Å². The molecule has 5 heteroatoms. The van der Waals surface area contributed by atoms with Crippen LogP contribution >= 0.6 is 0 Å². The first-order valence-corrected chi connectivity index (χ1v) is 15.2. The Morgan fingerprint density at radius 2 is 2.05 bits per heavy atom. The highest BCUT2D eigenvalue weighted by molar-refractivity contribution is 5.69. The standard InChI is InChI=1S/C33H46O5/c1-3-4-10-30(34)36-21-8-5-7-18-33(35)20-17-29-28-14-12-24-23-25(38-31-11-6-9-22-37-31)13-15-26(24)27(28)16-19-32(29,33)2/h13,15,23,27-29,31,35H,3-6,8-12,14,16-17,19-22H2,1-2H3/t27-,28-,29+,31?,32+,33+/m1/s1. The molecule has 0 aromatic heterocycles. The molecule has 3 fully saturated rings. The van der Waals surface area contributed by atoms with Crippen molar-refractivity contribution in [2.45, 2.75) is 122 Å². The van der Waals surface area contributed by atoms with E-state index in [0.29, 0.717) is 37.2 Å². The third-order valence-corrected chi connectivity index (χ3v) is 9.99. The van der Waals surface area contributed by atoms with Gasteiger partial charge in [-0.3, -0.25) is 4.79 Å². The third kappa shape index (κ3) is 5.63. The number of hydrogen-bond acceptors (Lipinski definition) is 5. The maximum Gasteiger partial charge on any atom is 0.305 e. The highest BCUT2D eigenvalue weighted by Gasteiger charge is 2.61. The third-order valence-electron chi connectivity index (χ3n) is 9.99. The molecule has 1 aliphatic heterocycles. The van der Waals surface area contributed by atoms with Crippen LogP contribution in [0.5, 0.6) is 5.75 Å². The second kappa shape index (κ2) is 12.0. The molecule has 1 N–H and O–H groups in total. The van der Waals surface area contributed by atoms with E-state index in [1.165, 1.54) is 24.0 Å². The van der Waals surface area contributed by atoms with E-state index in [9.17, 15) is 9.90 Å². The first kappa shape index (κ1) is 27.5. The zero-order chi connectivity index (χ0) is 26.6. The van der Waals surface area contributed by atoms with Crippen LogP contribution < -0.4 is 4.74 Å². The van der Waals surface area contributed by atoms with E-state index in [1.54, 1.807) is 0 Å². The average Bonchev–Trinajstić information content (AvgIpc) is 3.20. The van der Waals surface area contributed by atoms with Crippen LogP contribution in [0, 0.1) is 29.1 Å². The summed E-state index contributed by atoms with van der Waals surface area (Å²) in [6, 6.07) is 6.71. The summed E-state index contributed by atoms with van der Waals surface area (Å²) >= 11 is 0. The quantitative estimate of drug-likeness (QED) is 0.234. The van der Waals surface area contributed by atoms with Gasteiger partial charge in [-0.15, -0.1) is 5.92 Å². The lowest BCUT2D eigenvalue weighted by Crippen LogP contribution is -2.50. The van der Waals surface area contributed by atoms with Gasteiger partial charge >= 0.3 is 5.97 Å². The zero-order valence-electron chi connectivity index (χ0n) is 23.4. The van der Waals surface area contributed by atoms with Crippen molar-refractivity contribution >= 4 is 5.97 Å². The van der Waals surface area contributed by atoms with Crippen LogP contribution in [0.1, 0.15) is 114 Å². The highest BCUT2D eigenvalue weighted by Crippen LogP contribution is 2.64. The van der Waals surface area contributed by atoms with Crippen molar-refractivity contribution in [1.29, 1.82) is 0 Å². The first-order valence-electron chi connectivity index (χ1n) is 15.2.